The molecule has 0 saturated carbocycles. The molecule has 2 aliphatic heterocycles. The van der Waals surface area contributed by atoms with Crippen molar-refractivity contribution in [3.63, 3.8) is 0 Å². The maximum Gasteiger partial charge on any atom is 0.272 e. The first kappa shape index (κ1) is 18.7. The maximum absolute atomic E-state index is 13.1. The Balaban J connectivity index is 1.62. The van der Waals surface area contributed by atoms with E-state index in [0.29, 0.717) is 17.5 Å². The van der Waals surface area contributed by atoms with E-state index in [9.17, 15) is 13.6 Å². The van der Waals surface area contributed by atoms with Crippen LogP contribution in [0, 0.1) is 5.92 Å². The first-order valence-electron chi connectivity index (χ1n) is 9.43. The quantitative estimate of drug-likeness (QED) is 0.840. The second-order valence-electron chi connectivity index (χ2n) is 8.19. The van der Waals surface area contributed by atoms with Gasteiger partial charge < -0.3 is 9.88 Å². The van der Waals surface area contributed by atoms with Gasteiger partial charge in [0.2, 0.25) is 5.91 Å². The highest BCUT2D eigenvalue weighted by Gasteiger charge is 2.45. The zero-order valence-electron chi connectivity index (χ0n) is 15.6. The van der Waals surface area contributed by atoms with Crippen LogP contribution in [0.15, 0.2) is 18.2 Å². The van der Waals surface area contributed by atoms with E-state index in [0.717, 1.165) is 29.4 Å². The Kier molecular flexibility index (Phi) is 4.67. The van der Waals surface area contributed by atoms with Crippen LogP contribution in [0.2, 0.25) is 5.02 Å². The molecule has 4 rings (SSSR count). The molecule has 1 atom stereocenters. The molecule has 2 aliphatic rings. The summed E-state index contributed by atoms with van der Waals surface area (Å²) in [5, 5.41) is 1.81. The third-order valence-electron chi connectivity index (χ3n) is 5.50. The number of carbonyl (C=O) groups excluding carboxylic acids is 1. The molecule has 1 amide bonds. The van der Waals surface area contributed by atoms with Gasteiger partial charge in [-0.05, 0) is 42.5 Å². The second kappa shape index (κ2) is 6.74. The molecule has 146 valence electrons. The van der Waals surface area contributed by atoms with Crippen LogP contribution in [-0.4, -0.2) is 52.8 Å². The molecule has 0 radical (unpaired) electrons. The maximum atomic E-state index is 13.1. The number of amides is 1. The van der Waals surface area contributed by atoms with Crippen molar-refractivity contribution in [3.8, 4) is 0 Å². The molecule has 27 heavy (non-hydrogen) atoms. The van der Waals surface area contributed by atoms with Crippen LogP contribution in [0.25, 0.3) is 10.9 Å². The van der Waals surface area contributed by atoms with Gasteiger partial charge in [-0.2, -0.15) is 0 Å². The van der Waals surface area contributed by atoms with Crippen LogP contribution in [-0.2, 0) is 11.2 Å². The van der Waals surface area contributed by atoms with E-state index in [-0.39, 0.29) is 31.6 Å². The number of benzene rings is 1. The number of likely N-dealkylation sites (tertiary alicyclic amines) is 1. The normalized spacial score (nSPS) is 22.1. The molecule has 3 heterocycles. The molecular weight excluding hydrogens is 372 g/mol. The van der Waals surface area contributed by atoms with Crippen molar-refractivity contribution in [2.24, 2.45) is 5.92 Å². The Morgan fingerprint density at radius 3 is 2.78 bits per heavy atom. The lowest BCUT2D eigenvalue weighted by Gasteiger charge is -2.42. The van der Waals surface area contributed by atoms with E-state index >= 15 is 0 Å². The number of hydrogen-bond acceptors (Lipinski definition) is 2. The number of rotatable bonds is 4. The van der Waals surface area contributed by atoms with E-state index in [4.69, 9.17) is 11.6 Å². The van der Waals surface area contributed by atoms with E-state index < -0.39 is 5.92 Å². The SMILES string of the molecule is CC(C)CC1c2[nH]c3ccc(Cl)cc3c2CCN1C(=O)CN1CC(F)(F)C1. The molecule has 1 aromatic carbocycles. The zero-order valence-corrected chi connectivity index (χ0v) is 16.3. The highest BCUT2D eigenvalue weighted by atomic mass is 35.5. The Morgan fingerprint density at radius 1 is 1.37 bits per heavy atom. The van der Waals surface area contributed by atoms with E-state index in [2.05, 4.69) is 18.8 Å². The first-order valence-corrected chi connectivity index (χ1v) is 9.81. The Morgan fingerprint density at radius 2 is 2.11 bits per heavy atom. The minimum Gasteiger partial charge on any atom is -0.356 e. The number of aromatic nitrogens is 1. The second-order valence-corrected chi connectivity index (χ2v) is 8.63. The van der Waals surface area contributed by atoms with Gasteiger partial charge in [-0.3, -0.25) is 9.69 Å². The molecule has 7 heteroatoms. The number of nitrogens with zero attached hydrogens (tertiary/aromatic N) is 2. The third kappa shape index (κ3) is 3.57. The Hall–Kier alpha value is -1.66. The van der Waals surface area contributed by atoms with Crippen molar-refractivity contribution in [1.82, 2.24) is 14.8 Å². The minimum atomic E-state index is -2.65. The summed E-state index contributed by atoms with van der Waals surface area (Å²) in [5.41, 5.74) is 3.31. The average molecular weight is 396 g/mol. The van der Waals surface area contributed by atoms with Crippen molar-refractivity contribution in [1.29, 1.82) is 0 Å². The van der Waals surface area contributed by atoms with Gasteiger partial charge >= 0.3 is 0 Å². The lowest BCUT2D eigenvalue weighted by Crippen LogP contribution is -2.59. The van der Waals surface area contributed by atoms with Crippen LogP contribution in [0.3, 0.4) is 0 Å². The molecule has 1 unspecified atom stereocenters. The summed E-state index contributed by atoms with van der Waals surface area (Å²) >= 11 is 6.18. The van der Waals surface area contributed by atoms with Gasteiger partial charge in [0.05, 0.1) is 25.7 Å². The average Bonchev–Trinajstić information content (AvgIpc) is 2.91. The van der Waals surface area contributed by atoms with Gasteiger partial charge in [-0.15, -0.1) is 0 Å². The number of fused-ring (bicyclic) bond motifs is 3. The van der Waals surface area contributed by atoms with E-state index in [1.807, 2.05) is 23.1 Å². The number of alkyl halides is 2. The van der Waals surface area contributed by atoms with Gasteiger partial charge in [0.15, 0.2) is 0 Å². The smallest absolute Gasteiger partial charge is 0.272 e. The largest absolute Gasteiger partial charge is 0.356 e. The van der Waals surface area contributed by atoms with Gasteiger partial charge in [-0.25, -0.2) is 8.78 Å². The fourth-order valence-electron chi connectivity index (χ4n) is 4.33. The summed E-state index contributed by atoms with van der Waals surface area (Å²) in [5.74, 6) is -2.32. The number of hydrogen-bond donors (Lipinski definition) is 1. The van der Waals surface area contributed by atoms with Crippen LogP contribution >= 0.6 is 11.6 Å². The highest BCUT2D eigenvalue weighted by molar-refractivity contribution is 6.31. The van der Waals surface area contributed by atoms with Gasteiger partial charge in [0.1, 0.15) is 0 Å². The van der Waals surface area contributed by atoms with Crippen molar-refractivity contribution < 1.29 is 13.6 Å². The van der Waals surface area contributed by atoms with Crippen LogP contribution in [0.5, 0.6) is 0 Å². The Labute approximate surface area is 162 Å². The van der Waals surface area contributed by atoms with Crippen molar-refractivity contribution >= 4 is 28.4 Å². The lowest BCUT2D eigenvalue weighted by atomic mass is 9.91. The van der Waals surface area contributed by atoms with Crippen LogP contribution in [0.1, 0.15) is 37.6 Å². The number of carbonyl (C=O) groups is 1. The number of H-pyrrole nitrogens is 1. The molecule has 0 aliphatic carbocycles. The molecule has 1 fully saturated rings. The molecule has 0 bridgehead atoms. The zero-order chi connectivity index (χ0) is 19.3. The monoisotopic (exact) mass is 395 g/mol. The number of nitrogens with one attached hydrogen (secondary N) is 1. The van der Waals surface area contributed by atoms with Crippen molar-refractivity contribution in [2.75, 3.05) is 26.2 Å². The standard InChI is InChI=1S/C20H24ClF2N3O/c1-12(2)7-17-19-14(15-8-13(21)3-4-16(15)24-19)5-6-26(17)18(27)9-25-10-20(22,23)11-25/h3-4,8,12,17,24H,5-7,9-11H2,1-2H3. The number of aromatic amines is 1. The van der Waals surface area contributed by atoms with Crippen molar-refractivity contribution in [3.05, 3.63) is 34.5 Å². The summed E-state index contributed by atoms with van der Waals surface area (Å²) in [4.78, 5) is 19.8. The van der Waals surface area contributed by atoms with Crippen LogP contribution < -0.4 is 0 Å². The van der Waals surface area contributed by atoms with E-state index in [1.54, 1.807) is 0 Å². The minimum absolute atomic E-state index is 0.0609. The first-order chi connectivity index (χ1) is 12.7. The molecule has 1 saturated heterocycles. The lowest BCUT2D eigenvalue weighted by molar-refractivity contribution is -0.153. The van der Waals surface area contributed by atoms with Gasteiger partial charge in [0.25, 0.3) is 5.92 Å². The molecule has 4 nitrogen and oxygen atoms in total. The highest BCUT2D eigenvalue weighted by Crippen LogP contribution is 2.39. The van der Waals surface area contributed by atoms with Gasteiger partial charge in [0, 0.05) is 28.2 Å². The molecule has 1 N–H and O–H groups in total. The summed E-state index contributed by atoms with van der Waals surface area (Å²) in [6.45, 7) is 4.28. The predicted molar refractivity (Wildman–Crippen MR) is 102 cm³/mol. The molecule has 0 spiro atoms. The van der Waals surface area contributed by atoms with E-state index in [1.165, 1.54) is 10.5 Å². The number of halogens is 3. The van der Waals surface area contributed by atoms with Gasteiger partial charge in [-0.1, -0.05) is 25.4 Å². The summed E-state index contributed by atoms with van der Waals surface area (Å²) in [6.07, 6.45) is 1.57. The Bertz CT molecular complexity index is 871. The molecular formula is C20H24ClF2N3O. The summed E-state index contributed by atoms with van der Waals surface area (Å²) in [7, 11) is 0. The predicted octanol–water partition coefficient (Wildman–Crippen LogP) is 4.24. The summed E-state index contributed by atoms with van der Waals surface area (Å²) < 4.78 is 26.2. The summed E-state index contributed by atoms with van der Waals surface area (Å²) in [6, 6.07) is 5.74. The van der Waals surface area contributed by atoms with Crippen LogP contribution in [0.4, 0.5) is 8.78 Å². The van der Waals surface area contributed by atoms with Crippen molar-refractivity contribution in [2.45, 2.75) is 38.7 Å². The third-order valence-corrected chi connectivity index (χ3v) is 5.73. The molecule has 2 aromatic rings. The molecule has 1 aromatic heterocycles. The fraction of sp³-hybridized carbons (Fsp3) is 0.550. The topological polar surface area (TPSA) is 39.3 Å². The fourth-order valence-corrected chi connectivity index (χ4v) is 4.50.